The Morgan fingerprint density at radius 3 is 2.00 bits per heavy atom. The minimum Gasteiger partial charge on any atom is -0.353 e. The van der Waals surface area contributed by atoms with E-state index in [2.05, 4.69) is 59.1 Å². The smallest absolute Gasteiger partial charge is 0.220 e. The van der Waals surface area contributed by atoms with Crippen LogP contribution in [0.4, 0.5) is 0 Å². The van der Waals surface area contributed by atoms with Crippen LogP contribution in [0.1, 0.15) is 67.7 Å². The van der Waals surface area contributed by atoms with Crippen molar-refractivity contribution in [2.24, 2.45) is 5.41 Å². The number of hydrogen-bond donors (Lipinski definition) is 2. The van der Waals surface area contributed by atoms with E-state index in [9.17, 15) is 4.79 Å². The molecule has 2 N–H and O–H groups in total. The van der Waals surface area contributed by atoms with Crippen LogP contribution in [0.3, 0.4) is 0 Å². The first kappa shape index (κ1) is 15.5. The van der Waals surface area contributed by atoms with Crippen LogP contribution in [-0.4, -0.2) is 23.0 Å². The quantitative estimate of drug-likeness (QED) is 0.795. The molecule has 106 valence electrons. The van der Waals surface area contributed by atoms with Gasteiger partial charge in [0.05, 0.1) is 0 Å². The van der Waals surface area contributed by atoms with E-state index in [0.717, 1.165) is 12.8 Å². The Morgan fingerprint density at radius 1 is 1.17 bits per heavy atom. The van der Waals surface area contributed by atoms with Crippen molar-refractivity contribution in [3.8, 4) is 0 Å². The van der Waals surface area contributed by atoms with Gasteiger partial charge in [-0.05, 0) is 46.0 Å². The summed E-state index contributed by atoms with van der Waals surface area (Å²) >= 11 is 0. The van der Waals surface area contributed by atoms with E-state index in [1.165, 1.54) is 0 Å². The molecule has 1 aliphatic rings. The number of hydrogen-bond acceptors (Lipinski definition) is 2. The van der Waals surface area contributed by atoms with E-state index in [4.69, 9.17) is 0 Å². The lowest BCUT2D eigenvalue weighted by Gasteiger charge is -2.46. The van der Waals surface area contributed by atoms with Crippen molar-refractivity contribution in [1.82, 2.24) is 10.6 Å². The van der Waals surface area contributed by atoms with Gasteiger partial charge in [0, 0.05) is 23.5 Å². The van der Waals surface area contributed by atoms with Crippen LogP contribution in [-0.2, 0) is 4.79 Å². The molecule has 1 amide bonds. The molecule has 0 radical (unpaired) electrons. The molecule has 0 aliphatic carbocycles. The molecule has 0 aromatic heterocycles. The van der Waals surface area contributed by atoms with Crippen molar-refractivity contribution in [1.29, 1.82) is 0 Å². The third-order valence-corrected chi connectivity index (χ3v) is 3.25. The predicted octanol–water partition coefficient (Wildman–Crippen LogP) is 2.85. The molecule has 0 bridgehead atoms. The van der Waals surface area contributed by atoms with Gasteiger partial charge in [-0.3, -0.25) is 4.79 Å². The van der Waals surface area contributed by atoms with E-state index < -0.39 is 0 Å². The molecule has 1 heterocycles. The average Bonchev–Trinajstić information content (AvgIpc) is 1.90. The van der Waals surface area contributed by atoms with Gasteiger partial charge in [-0.25, -0.2) is 0 Å². The summed E-state index contributed by atoms with van der Waals surface area (Å²) in [7, 11) is 0. The van der Waals surface area contributed by atoms with Crippen LogP contribution in [0.15, 0.2) is 0 Å². The van der Waals surface area contributed by atoms with Gasteiger partial charge in [-0.1, -0.05) is 20.8 Å². The van der Waals surface area contributed by atoms with Gasteiger partial charge in [0.25, 0.3) is 0 Å². The number of carbonyl (C=O) groups is 1. The largest absolute Gasteiger partial charge is 0.353 e. The predicted molar refractivity (Wildman–Crippen MR) is 76.5 cm³/mol. The Hall–Kier alpha value is -0.570. The number of rotatable bonds is 2. The van der Waals surface area contributed by atoms with Gasteiger partial charge in [0.15, 0.2) is 0 Å². The van der Waals surface area contributed by atoms with Gasteiger partial charge in [0.1, 0.15) is 0 Å². The second-order valence-electron chi connectivity index (χ2n) is 8.30. The summed E-state index contributed by atoms with van der Waals surface area (Å²) in [4.78, 5) is 12.0. The first-order valence-corrected chi connectivity index (χ1v) is 6.97. The summed E-state index contributed by atoms with van der Waals surface area (Å²) in [6, 6.07) is 0.283. The monoisotopic (exact) mass is 254 g/mol. The molecule has 3 heteroatoms. The zero-order valence-electron chi connectivity index (χ0n) is 13.1. The molecule has 1 saturated heterocycles. The lowest BCUT2D eigenvalue weighted by atomic mass is 9.79. The summed E-state index contributed by atoms with van der Waals surface area (Å²) in [6.45, 7) is 15.1. The highest BCUT2D eigenvalue weighted by molar-refractivity contribution is 5.76. The maximum Gasteiger partial charge on any atom is 0.220 e. The zero-order valence-corrected chi connectivity index (χ0v) is 13.1. The fourth-order valence-corrected chi connectivity index (χ4v) is 3.18. The fourth-order valence-electron chi connectivity index (χ4n) is 3.18. The number of nitrogens with one attached hydrogen (secondary N) is 2. The molecular formula is C15H30N2O. The summed E-state index contributed by atoms with van der Waals surface area (Å²) in [5.41, 5.74) is 0.227. The molecule has 3 nitrogen and oxygen atoms in total. The van der Waals surface area contributed by atoms with E-state index >= 15 is 0 Å². The lowest BCUT2D eigenvalue weighted by molar-refractivity contribution is -0.124. The Balaban J connectivity index is 2.59. The third kappa shape index (κ3) is 5.38. The molecule has 0 saturated carbocycles. The van der Waals surface area contributed by atoms with Gasteiger partial charge in [0.2, 0.25) is 5.91 Å². The minimum atomic E-state index is 0.0576. The van der Waals surface area contributed by atoms with Crippen molar-refractivity contribution in [2.75, 3.05) is 0 Å². The van der Waals surface area contributed by atoms with Crippen LogP contribution in [0.25, 0.3) is 0 Å². The van der Waals surface area contributed by atoms with E-state index in [-0.39, 0.29) is 28.4 Å². The number of carbonyl (C=O) groups excluding carboxylic acids is 1. The van der Waals surface area contributed by atoms with Crippen molar-refractivity contribution in [2.45, 2.75) is 84.8 Å². The normalized spacial score (nSPS) is 23.7. The molecule has 0 aromatic carbocycles. The van der Waals surface area contributed by atoms with Crippen molar-refractivity contribution < 1.29 is 4.79 Å². The van der Waals surface area contributed by atoms with Crippen LogP contribution >= 0.6 is 0 Å². The first-order chi connectivity index (χ1) is 7.89. The highest BCUT2D eigenvalue weighted by atomic mass is 16.1. The van der Waals surface area contributed by atoms with Crippen molar-refractivity contribution in [3.63, 3.8) is 0 Å². The van der Waals surface area contributed by atoms with Crippen LogP contribution in [0.2, 0.25) is 0 Å². The lowest BCUT2D eigenvalue weighted by Crippen LogP contribution is -2.62. The number of amides is 1. The SMILES string of the molecule is CC(C)(C)CC(=O)NC1CC(C)(C)NC(C)(C)C1. The van der Waals surface area contributed by atoms with E-state index in [1.807, 2.05) is 0 Å². The Labute approximate surface area is 112 Å². The van der Waals surface area contributed by atoms with Gasteiger partial charge in [-0.2, -0.15) is 0 Å². The Kier molecular flexibility index (Phi) is 4.16. The maximum absolute atomic E-state index is 12.0. The Bertz CT molecular complexity index is 297. The van der Waals surface area contributed by atoms with Crippen molar-refractivity contribution >= 4 is 5.91 Å². The molecule has 1 rings (SSSR count). The molecule has 1 aliphatic heterocycles. The van der Waals surface area contributed by atoms with Gasteiger partial charge < -0.3 is 10.6 Å². The molecular weight excluding hydrogens is 224 g/mol. The highest BCUT2D eigenvalue weighted by Crippen LogP contribution is 2.29. The second kappa shape index (κ2) is 4.84. The summed E-state index contributed by atoms with van der Waals surface area (Å²) in [5.74, 6) is 0.181. The maximum atomic E-state index is 12.0. The highest BCUT2D eigenvalue weighted by Gasteiger charge is 2.38. The summed E-state index contributed by atoms with van der Waals surface area (Å²) < 4.78 is 0. The molecule has 18 heavy (non-hydrogen) atoms. The summed E-state index contributed by atoms with van der Waals surface area (Å²) in [6.07, 6.45) is 2.58. The van der Waals surface area contributed by atoms with Gasteiger partial charge >= 0.3 is 0 Å². The average molecular weight is 254 g/mol. The third-order valence-electron chi connectivity index (χ3n) is 3.25. The standard InChI is InChI=1S/C15H30N2O/c1-13(2,3)10-12(18)16-11-8-14(4,5)17-15(6,7)9-11/h11,17H,8-10H2,1-7H3,(H,16,18). The van der Waals surface area contributed by atoms with Crippen LogP contribution in [0, 0.1) is 5.41 Å². The minimum absolute atomic E-state index is 0.0576. The number of piperidine rings is 1. The molecule has 0 spiro atoms. The fraction of sp³-hybridized carbons (Fsp3) is 0.933. The van der Waals surface area contributed by atoms with Crippen LogP contribution < -0.4 is 10.6 Å². The molecule has 0 unspecified atom stereocenters. The van der Waals surface area contributed by atoms with E-state index in [1.54, 1.807) is 0 Å². The van der Waals surface area contributed by atoms with Crippen molar-refractivity contribution in [3.05, 3.63) is 0 Å². The molecule has 0 atom stereocenters. The van der Waals surface area contributed by atoms with E-state index in [0.29, 0.717) is 6.42 Å². The molecule has 1 fully saturated rings. The summed E-state index contributed by atoms with van der Waals surface area (Å²) in [5, 5.41) is 6.84. The van der Waals surface area contributed by atoms with Gasteiger partial charge in [-0.15, -0.1) is 0 Å². The van der Waals surface area contributed by atoms with Crippen LogP contribution in [0.5, 0.6) is 0 Å². The zero-order chi connectivity index (χ0) is 14.2. The second-order valence-corrected chi connectivity index (χ2v) is 8.30. The molecule has 0 aromatic rings. The first-order valence-electron chi connectivity index (χ1n) is 6.97. The Morgan fingerprint density at radius 2 is 1.61 bits per heavy atom. The topological polar surface area (TPSA) is 41.1 Å².